The van der Waals surface area contributed by atoms with Crippen LogP contribution in [0.2, 0.25) is 0 Å². The first-order valence-electron chi connectivity index (χ1n) is 8.53. The molecule has 1 fully saturated rings. The second-order valence-corrected chi connectivity index (χ2v) is 6.30. The predicted octanol–water partition coefficient (Wildman–Crippen LogP) is 3.69. The van der Waals surface area contributed by atoms with Gasteiger partial charge in [-0.1, -0.05) is 30.3 Å². The molecule has 0 aromatic heterocycles. The number of aliphatic hydroxyl groups is 1. The lowest BCUT2D eigenvalue weighted by molar-refractivity contribution is 0.0968. The number of carbonyl (C=O) groups is 2. The molecule has 1 aliphatic heterocycles. The van der Waals surface area contributed by atoms with E-state index in [2.05, 4.69) is 5.32 Å². The third kappa shape index (κ3) is 4.46. The van der Waals surface area contributed by atoms with Crippen molar-refractivity contribution in [2.75, 3.05) is 6.61 Å². The third-order valence-corrected chi connectivity index (χ3v) is 4.42. The molecular weight excluding hydrogens is 337 g/mol. The standard InChI is InChI=1S/C20H20FNO4/c21-16-9-7-13(8-10-16)18(23)5-2-6-19(24)15-4-1-3-14(11-15)17-12-26-20(25)22-17/h1,3-4,7-11,17-18,23H,2,5-6,12H2,(H,22,25)/t17-,18+/m1/s1. The molecule has 2 atom stereocenters. The van der Waals surface area contributed by atoms with E-state index in [1.165, 1.54) is 12.1 Å². The lowest BCUT2D eigenvalue weighted by Crippen LogP contribution is -2.18. The summed E-state index contributed by atoms with van der Waals surface area (Å²) in [5, 5.41) is 12.8. The molecule has 3 rings (SSSR count). The molecule has 1 saturated heterocycles. The average molecular weight is 357 g/mol. The number of halogens is 1. The summed E-state index contributed by atoms with van der Waals surface area (Å²) in [6, 6.07) is 12.6. The fourth-order valence-electron chi connectivity index (χ4n) is 2.94. The van der Waals surface area contributed by atoms with Crippen molar-refractivity contribution in [2.45, 2.75) is 31.4 Å². The van der Waals surface area contributed by atoms with Gasteiger partial charge >= 0.3 is 6.09 Å². The maximum atomic E-state index is 12.9. The van der Waals surface area contributed by atoms with E-state index >= 15 is 0 Å². The first-order chi connectivity index (χ1) is 12.5. The first kappa shape index (κ1) is 18.1. The van der Waals surface area contributed by atoms with E-state index in [9.17, 15) is 19.1 Å². The van der Waals surface area contributed by atoms with Crippen molar-refractivity contribution < 1.29 is 23.8 Å². The van der Waals surface area contributed by atoms with Crippen LogP contribution >= 0.6 is 0 Å². The molecule has 0 unspecified atom stereocenters. The Bertz CT molecular complexity index is 791. The third-order valence-electron chi connectivity index (χ3n) is 4.42. The van der Waals surface area contributed by atoms with E-state index in [-0.39, 0.29) is 24.2 Å². The minimum Gasteiger partial charge on any atom is -0.447 e. The van der Waals surface area contributed by atoms with Crippen LogP contribution in [0.5, 0.6) is 0 Å². The number of Topliss-reactive ketones (excluding diaryl/α,β-unsaturated/α-hetero) is 1. The summed E-state index contributed by atoms with van der Waals surface area (Å²) in [5.74, 6) is -0.372. The van der Waals surface area contributed by atoms with Gasteiger partial charge in [0.2, 0.25) is 0 Å². The van der Waals surface area contributed by atoms with Gasteiger partial charge in [0, 0.05) is 12.0 Å². The SMILES string of the molecule is O=C1N[C@@H](c2cccc(C(=O)CCC[C@H](O)c3ccc(F)cc3)c2)CO1. The molecule has 1 aliphatic rings. The highest BCUT2D eigenvalue weighted by molar-refractivity contribution is 5.96. The summed E-state index contributed by atoms with van der Waals surface area (Å²) in [6.45, 7) is 0.250. The minimum atomic E-state index is -0.722. The summed E-state index contributed by atoms with van der Waals surface area (Å²) in [4.78, 5) is 23.5. The van der Waals surface area contributed by atoms with E-state index in [0.29, 0.717) is 30.4 Å². The molecule has 1 heterocycles. The van der Waals surface area contributed by atoms with Crippen LogP contribution in [-0.2, 0) is 4.74 Å². The molecule has 26 heavy (non-hydrogen) atoms. The Morgan fingerprint density at radius 1 is 1.27 bits per heavy atom. The predicted molar refractivity (Wildman–Crippen MR) is 93.2 cm³/mol. The summed E-state index contributed by atoms with van der Waals surface area (Å²) < 4.78 is 17.8. The molecule has 2 aromatic carbocycles. The van der Waals surface area contributed by atoms with Crippen LogP contribution in [0.1, 0.15) is 52.9 Å². The van der Waals surface area contributed by atoms with Crippen molar-refractivity contribution in [1.82, 2.24) is 5.32 Å². The van der Waals surface area contributed by atoms with E-state index in [1.54, 1.807) is 30.3 Å². The number of hydrogen-bond donors (Lipinski definition) is 2. The number of amides is 1. The summed E-state index contributed by atoms with van der Waals surface area (Å²) >= 11 is 0. The summed E-state index contributed by atoms with van der Waals surface area (Å²) in [7, 11) is 0. The van der Waals surface area contributed by atoms with Gasteiger partial charge < -0.3 is 15.2 Å². The van der Waals surface area contributed by atoms with Crippen LogP contribution < -0.4 is 5.32 Å². The topological polar surface area (TPSA) is 75.6 Å². The van der Waals surface area contributed by atoms with Crippen LogP contribution in [0.4, 0.5) is 9.18 Å². The number of aliphatic hydroxyl groups excluding tert-OH is 1. The van der Waals surface area contributed by atoms with Gasteiger partial charge in [0.1, 0.15) is 12.4 Å². The minimum absolute atomic E-state index is 0.0246. The van der Waals surface area contributed by atoms with Crippen LogP contribution in [0.15, 0.2) is 48.5 Å². The highest BCUT2D eigenvalue weighted by Gasteiger charge is 2.24. The largest absolute Gasteiger partial charge is 0.447 e. The monoisotopic (exact) mass is 357 g/mol. The molecule has 2 N–H and O–H groups in total. The van der Waals surface area contributed by atoms with E-state index < -0.39 is 12.2 Å². The summed E-state index contributed by atoms with van der Waals surface area (Å²) in [5.41, 5.74) is 2.03. The van der Waals surface area contributed by atoms with Gasteiger partial charge in [-0.2, -0.15) is 0 Å². The molecule has 0 aliphatic carbocycles. The van der Waals surface area contributed by atoms with Crippen molar-refractivity contribution in [3.63, 3.8) is 0 Å². The zero-order valence-corrected chi connectivity index (χ0v) is 14.2. The number of carbonyl (C=O) groups excluding carboxylic acids is 2. The Hall–Kier alpha value is -2.73. The second kappa shape index (κ2) is 8.10. The average Bonchev–Trinajstić information content (AvgIpc) is 3.08. The maximum absolute atomic E-state index is 12.9. The molecule has 0 saturated carbocycles. The zero-order chi connectivity index (χ0) is 18.5. The Morgan fingerprint density at radius 3 is 2.73 bits per heavy atom. The number of benzene rings is 2. The van der Waals surface area contributed by atoms with Gasteiger partial charge in [-0.25, -0.2) is 9.18 Å². The maximum Gasteiger partial charge on any atom is 0.407 e. The van der Waals surface area contributed by atoms with Gasteiger partial charge in [0.25, 0.3) is 0 Å². The number of ether oxygens (including phenoxy) is 1. The normalized spacial score (nSPS) is 17.5. The van der Waals surface area contributed by atoms with E-state index in [4.69, 9.17) is 4.74 Å². The Labute approximate surface area is 150 Å². The first-order valence-corrected chi connectivity index (χ1v) is 8.53. The Balaban J connectivity index is 1.53. The fourth-order valence-corrected chi connectivity index (χ4v) is 2.94. The van der Waals surface area contributed by atoms with Gasteiger partial charge in [0.15, 0.2) is 5.78 Å². The van der Waals surface area contributed by atoms with Crippen molar-refractivity contribution in [3.05, 3.63) is 71.0 Å². The number of hydrogen-bond acceptors (Lipinski definition) is 4. The number of cyclic esters (lactones) is 1. The van der Waals surface area contributed by atoms with Gasteiger partial charge in [-0.05, 0) is 42.2 Å². The van der Waals surface area contributed by atoms with Crippen LogP contribution in [0, 0.1) is 5.82 Å². The molecule has 0 radical (unpaired) electrons. The molecule has 0 bridgehead atoms. The number of rotatable bonds is 7. The van der Waals surface area contributed by atoms with E-state index in [0.717, 1.165) is 5.56 Å². The molecule has 0 spiro atoms. The smallest absolute Gasteiger partial charge is 0.407 e. The highest BCUT2D eigenvalue weighted by atomic mass is 19.1. The molecule has 2 aromatic rings. The van der Waals surface area contributed by atoms with Crippen LogP contribution in [0.25, 0.3) is 0 Å². The number of nitrogens with one attached hydrogen (secondary N) is 1. The van der Waals surface area contributed by atoms with Crippen molar-refractivity contribution in [1.29, 1.82) is 0 Å². The van der Waals surface area contributed by atoms with Crippen molar-refractivity contribution >= 4 is 11.9 Å². The van der Waals surface area contributed by atoms with Gasteiger partial charge in [0.05, 0.1) is 12.1 Å². The van der Waals surface area contributed by atoms with E-state index in [1.807, 2.05) is 6.07 Å². The number of alkyl carbamates (subject to hydrolysis) is 1. The Kier molecular flexibility index (Phi) is 5.63. The molecule has 136 valence electrons. The van der Waals surface area contributed by atoms with Gasteiger partial charge in [-0.15, -0.1) is 0 Å². The lowest BCUT2D eigenvalue weighted by atomic mass is 9.98. The quantitative estimate of drug-likeness (QED) is 0.741. The van der Waals surface area contributed by atoms with Crippen molar-refractivity contribution in [2.24, 2.45) is 0 Å². The zero-order valence-electron chi connectivity index (χ0n) is 14.2. The van der Waals surface area contributed by atoms with Gasteiger partial charge in [-0.3, -0.25) is 4.79 Å². The van der Waals surface area contributed by atoms with Crippen molar-refractivity contribution in [3.8, 4) is 0 Å². The lowest BCUT2D eigenvalue weighted by Gasteiger charge is -2.11. The Morgan fingerprint density at radius 2 is 2.04 bits per heavy atom. The summed E-state index contributed by atoms with van der Waals surface area (Å²) in [6.07, 6.45) is 0.0612. The molecule has 5 nitrogen and oxygen atoms in total. The van der Waals surface area contributed by atoms with Crippen LogP contribution in [-0.4, -0.2) is 23.6 Å². The molecular formula is C20H20FNO4. The van der Waals surface area contributed by atoms with Crippen LogP contribution in [0.3, 0.4) is 0 Å². The second-order valence-electron chi connectivity index (χ2n) is 6.30. The highest BCUT2D eigenvalue weighted by Crippen LogP contribution is 2.22. The molecule has 1 amide bonds. The fraction of sp³-hybridized carbons (Fsp3) is 0.300. The number of ketones is 1. The molecule has 6 heteroatoms.